The van der Waals surface area contributed by atoms with Crippen LogP contribution in [0, 0.1) is 10.8 Å². The molecule has 1 atom stereocenters. The highest BCUT2D eigenvalue weighted by atomic mass is 31.0. The van der Waals surface area contributed by atoms with E-state index in [0.29, 0.717) is 10.8 Å². The average molecular weight is 160 g/mol. The van der Waals surface area contributed by atoms with Crippen LogP contribution in [-0.4, -0.2) is 6.16 Å². The average Bonchev–Trinajstić information content (AvgIpc) is 1.60. The van der Waals surface area contributed by atoms with E-state index < -0.39 is 0 Å². The summed E-state index contributed by atoms with van der Waals surface area (Å²) in [5.74, 6) is 0. The van der Waals surface area contributed by atoms with E-state index in [4.69, 9.17) is 0 Å². The minimum atomic E-state index is 0.472. The lowest BCUT2D eigenvalue weighted by Gasteiger charge is -2.31. The van der Waals surface area contributed by atoms with E-state index in [9.17, 15) is 0 Å². The fourth-order valence-corrected chi connectivity index (χ4v) is 1.65. The Morgan fingerprint density at radius 1 is 1.00 bits per heavy atom. The van der Waals surface area contributed by atoms with Crippen molar-refractivity contribution in [1.82, 2.24) is 0 Å². The predicted molar refractivity (Wildman–Crippen MR) is 52.4 cm³/mol. The van der Waals surface area contributed by atoms with Gasteiger partial charge in [0.15, 0.2) is 0 Å². The highest BCUT2D eigenvalue weighted by Crippen LogP contribution is 2.34. The van der Waals surface area contributed by atoms with Crippen molar-refractivity contribution in [2.75, 3.05) is 6.16 Å². The summed E-state index contributed by atoms with van der Waals surface area (Å²) in [6.45, 7) is 11.6. The molecule has 62 valence electrons. The summed E-state index contributed by atoms with van der Waals surface area (Å²) in [5, 5.41) is 0. The van der Waals surface area contributed by atoms with Gasteiger partial charge in [-0.1, -0.05) is 34.6 Å². The molecule has 1 heteroatoms. The second kappa shape index (κ2) is 3.22. The van der Waals surface area contributed by atoms with Gasteiger partial charge in [-0.3, -0.25) is 0 Å². The lowest BCUT2D eigenvalue weighted by atomic mass is 9.77. The predicted octanol–water partition coefficient (Wildman–Crippen LogP) is 3.32. The molecule has 0 rings (SSSR count). The van der Waals surface area contributed by atoms with Gasteiger partial charge < -0.3 is 0 Å². The molecule has 0 fully saturated rings. The van der Waals surface area contributed by atoms with Gasteiger partial charge >= 0.3 is 0 Å². The molecule has 1 unspecified atom stereocenters. The Labute approximate surface area is 68.0 Å². The maximum Gasteiger partial charge on any atom is -0.0315 e. The first-order chi connectivity index (χ1) is 4.27. The quantitative estimate of drug-likeness (QED) is 0.543. The molecule has 0 aliphatic carbocycles. The lowest BCUT2D eigenvalue weighted by molar-refractivity contribution is 0.238. The van der Waals surface area contributed by atoms with E-state index in [-0.39, 0.29) is 0 Å². The molecular formula is C9H21P. The minimum Gasteiger partial charge on any atom is -0.137 e. The largest absolute Gasteiger partial charge is 0.137 e. The van der Waals surface area contributed by atoms with Crippen LogP contribution in [0.1, 0.15) is 41.0 Å². The van der Waals surface area contributed by atoms with Gasteiger partial charge in [0.25, 0.3) is 0 Å². The van der Waals surface area contributed by atoms with Crippen molar-refractivity contribution in [2.24, 2.45) is 10.8 Å². The summed E-state index contributed by atoms with van der Waals surface area (Å²) in [4.78, 5) is 0. The molecule has 0 N–H and O–H groups in total. The Hall–Kier alpha value is 0.430. The first-order valence-electron chi connectivity index (χ1n) is 3.97. The molecule has 0 aliphatic heterocycles. The van der Waals surface area contributed by atoms with Crippen LogP contribution in [0.4, 0.5) is 0 Å². The van der Waals surface area contributed by atoms with E-state index >= 15 is 0 Å². The van der Waals surface area contributed by atoms with Crippen LogP contribution in [0.2, 0.25) is 0 Å². The van der Waals surface area contributed by atoms with E-state index in [1.54, 1.807) is 0 Å². The molecule has 0 aromatic carbocycles. The number of rotatable bonds is 2. The maximum atomic E-state index is 2.83. The summed E-state index contributed by atoms with van der Waals surface area (Å²) in [6.07, 6.45) is 2.49. The fraction of sp³-hybridized carbons (Fsp3) is 1.00. The maximum absolute atomic E-state index is 2.83. The fourth-order valence-electron chi connectivity index (χ4n) is 1.51. The third-order valence-electron chi connectivity index (χ3n) is 1.56. The van der Waals surface area contributed by atoms with Gasteiger partial charge in [0.1, 0.15) is 0 Å². The van der Waals surface area contributed by atoms with Crippen LogP contribution in [0.15, 0.2) is 0 Å². The molecule has 0 heterocycles. The van der Waals surface area contributed by atoms with Gasteiger partial charge in [-0.2, -0.15) is 0 Å². The van der Waals surface area contributed by atoms with Crippen molar-refractivity contribution >= 4 is 9.24 Å². The number of hydrogen-bond acceptors (Lipinski definition) is 0. The van der Waals surface area contributed by atoms with Crippen molar-refractivity contribution in [3.05, 3.63) is 0 Å². The van der Waals surface area contributed by atoms with Crippen LogP contribution < -0.4 is 0 Å². The summed E-state index contributed by atoms with van der Waals surface area (Å²) in [5.41, 5.74) is 0.961. The second-order valence-electron chi connectivity index (χ2n) is 5.11. The first kappa shape index (κ1) is 10.4. The standard InChI is InChI=1S/C9H21P/c1-8(2,3)6-9(4,5)7-10/h6-7,10H2,1-5H3. The lowest BCUT2D eigenvalue weighted by Crippen LogP contribution is -2.21. The summed E-state index contributed by atoms with van der Waals surface area (Å²) < 4.78 is 0. The smallest absolute Gasteiger partial charge is 0.0315 e. The van der Waals surface area contributed by atoms with E-state index in [0.717, 1.165) is 0 Å². The Morgan fingerprint density at radius 3 is 1.50 bits per heavy atom. The van der Waals surface area contributed by atoms with Gasteiger partial charge in [0, 0.05) is 0 Å². The SMILES string of the molecule is CC(C)(C)CC(C)(C)CP. The third-order valence-corrected chi connectivity index (χ3v) is 2.67. The van der Waals surface area contributed by atoms with Crippen molar-refractivity contribution in [1.29, 1.82) is 0 Å². The molecule has 0 aromatic rings. The molecule has 0 aliphatic rings. The molecule has 0 saturated heterocycles. The van der Waals surface area contributed by atoms with Crippen LogP contribution in [-0.2, 0) is 0 Å². The van der Waals surface area contributed by atoms with Crippen molar-refractivity contribution in [2.45, 2.75) is 41.0 Å². The zero-order valence-corrected chi connectivity index (χ0v) is 9.15. The van der Waals surface area contributed by atoms with Gasteiger partial charge in [0.05, 0.1) is 0 Å². The van der Waals surface area contributed by atoms with Crippen LogP contribution in [0.25, 0.3) is 0 Å². The van der Waals surface area contributed by atoms with Gasteiger partial charge in [0.2, 0.25) is 0 Å². The van der Waals surface area contributed by atoms with Crippen LogP contribution in [0.3, 0.4) is 0 Å². The highest BCUT2D eigenvalue weighted by Gasteiger charge is 2.23. The summed E-state index contributed by atoms with van der Waals surface area (Å²) in [6, 6.07) is 0. The minimum absolute atomic E-state index is 0.472. The molecule has 0 spiro atoms. The first-order valence-corrected chi connectivity index (χ1v) is 4.79. The molecule has 0 aromatic heterocycles. The zero-order chi connectivity index (χ0) is 8.41. The molecule has 0 radical (unpaired) electrons. The zero-order valence-electron chi connectivity index (χ0n) is 7.99. The molecular weight excluding hydrogens is 139 g/mol. The molecule has 0 bridgehead atoms. The van der Waals surface area contributed by atoms with Gasteiger partial charge in [-0.15, -0.1) is 9.24 Å². The second-order valence-corrected chi connectivity index (χ2v) is 5.51. The Kier molecular flexibility index (Phi) is 3.36. The topological polar surface area (TPSA) is 0 Å². The Bertz CT molecular complexity index is 97.8. The summed E-state index contributed by atoms with van der Waals surface area (Å²) in [7, 11) is 2.83. The van der Waals surface area contributed by atoms with E-state index in [1.165, 1.54) is 12.6 Å². The van der Waals surface area contributed by atoms with Crippen LogP contribution in [0.5, 0.6) is 0 Å². The normalized spacial score (nSPS) is 13.8. The van der Waals surface area contributed by atoms with Crippen molar-refractivity contribution in [3.8, 4) is 0 Å². The molecule has 0 amide bonds. The monoisotopic (exact) mass is 160 g/mol. The molecule has 10 heavy (non-hydrogen) atoms. The molecule has 0 saturated carbocycles. The van der Waals surface area contributed by atoms with Gasteiger partial charge in [-0.05, 0) is 23.4 Å². The van der Waals surface area contributed by atoms with Gasteiger partial charge in [-0.25, -0.2) is 0 Å². The van der Waals surface area contributed by atoms with Crippen molar-refractivity contribution in [3.63, 3.8) is 0 Å². The Morgan fingerprint density at radius 2 is 1.40 bits per heavy atom. The van der Waals surface area contributed by atoms with Crippen LogP contribution >= 0.6 is 9.24 Å². The third kappa shape index (κ3) is 5.23. The molecule has 0 nitrogen and oxygen atoms in total. The van der Waals surface area contributed by atoms with E-state index in [2.05, 4.69) is 43.9 Å². The summed E-state index contributed by atoms with van der Waals surface area (Å²) >= 11 is 0. The van der Waals surface area contributed by atoms with Crippen molar-refractivity contribution < 1.29 is 0 Å². The Balaban J connectivity index is 3.89. The van der Waals surface area contributed by atoms with E-state index in [1.807, 2.05) is 0 Å². The highest BCUT2D eigenvalue weighted by molar-refractivity contribution is 7.16. The number of hydrogen-bond donors (Lipinski definition) is 0.